The number of hydrogen-bond acceptors (Lipinski definition) is 6. The van der Waals surface area contributed by atoms with E-state index < -0.39 is 47.7 Å². The number of nitrogens with zero attached hydrogens (tertiary/aromatic N) is 2. The number of fused-ring (bicyclic) bond motifs is 2. The molecule has 0 N–H and O–H groups in total. The van der Waals surface area contributed by atoms with Gasteiger partial charge in [-0.2, -0.15) is 0 Å². The van der Waals surface area contributed by atoms with E-state index in [0.717, 1.165) is 0 Å². The molecule has 0 saturated heterocycles. The smallest absolute Gasteiger partial charge is 0.537 e. The largest absolute Gasteiger partial charge is 2.00 e. The molecule has 336 valence electrons. The number of sulfonamides is 2. The first-order chi connectivity index (χ1) is 31.5. The fraction of sp³-hybridized carbons (Fsp3) is 0.0196. The summed E-state index contributed by atoms with van der Waals surface area (Å²) < 4.78 is 50.3. The Balaban J connectivity index is 0.000000164. The van der Waals surface area contributed by atoms with Gasteiger partial charge in [0.15, 0.2) is 0 Å². The normalized spacial score (nSPS) is 13.1. The third-order valence-corrected chi connectivity index (χ3v) is 17.7. The number of carbonyl (C=O) groups excluding carboxylic acids is 2. The van der Waals surface area contributed by atoms with Crippen LogP contribution in [0.1, 0.15) is 20.7 Å². The number of amides is 2. The molecule has 2 aliphatic heterocycles. The van der Waals surface area contributed by atoms with Crippen LogP contribution >= 0.6 is 39.0 Å². The predicted octanol–water partition coefficient (Wildman–Crippen LogP) is 9.58. The molecule has 0 spiro atoms. The monoisotopic (exact) mass is 1080 g/mol. The van der Waals surface area contributed by atoms with Crippen LogP contribution < -0.4 is 31.8 Å². The zero-order valence-corrected chi connectivity index (χ0v) is 41.6. The van der Waals surface area contributed by atoms with Crippen molar-refractivity contribution in [1.82, 2.24) is 0 Å². The van der Waals surface area contributed by atoms with Gasteiger partial charge in [-0.3, -0.25) is 0 Å². The minimum absolute atomic E-state index is 0. The third kappa shape index (κ3) is 13.9. The SMILES string of the molecule is ClCCl.O=C1[N-]S(=O)(=O)c2ccccc21.O=C1[N-]S(=O)(=O)c2ccccc21.[Pd+2].c1ccc([PH+](c2ccccc2)c2ccccc2)cc1.c1ccc([PH+](c2ccccc2)c2ccccc2)cc1. The summed E-state index contributed by atoms with van der Waals surface area (Å²) in [5.41, 5.74) is 0.329. The van der Waals surface area contributed by atoms with Gasteiger partial charge in [0.1, 0.15) is 51.9 Å². The molecule has 0 saturated carbocycles. The second-order valence-corrected chi connectivity index (χ2v) is 22.7. The molecule has 2 amide bonds. The molecule has 0 radical (unpaired) electrons. The number of carbonyl (C=O) groups is 2. The first kappa shape index (κ1) is 51.7. The van der Waals surface area contributed by atoms with E-state index in [-0.39, 0.29) is 46.7 Å². The minimum Gasteiger partial charge on any atom is -0.537 e. The second-order valence-electron chi connectivity index (χ2n) is 13.8. The number of benzene rings is 8. The van der Waals surface area contributed by atoms with Crippen molar-refractivity contribution in [3.8, 4) is 0 Å². The van der Waals surface area contributed by atoms with Crippen LogP contribution in [0.25, 0.3) is 9.44 Å². The summed E-state index contributed by atoms with van der Waals surface area (Å²) in [4.78, 5) is 21.9. The van der Waals surface area contributed by atoms with E-state index >= 15 is 0 Å². The molecule has 0 aliphatic carbocycles. The maximum Gasteiger partial charge on any atom is 2.00 e. The van der Waals surface area contributed by atoms with Gasteiger partial charge in [0.25, 0.3) is 0 Å². The number of hydrogen-bond donors (Lipinski definition) is 0. The van der Waals surface area contributed by atoms with Gasteiger partial charge in [0, 0.05) is 11.1 Å². The molecule has 8 nitrogen and oxygen atoms in total. The average molecular weight is 1080 g/mol. The molecular formula is C51H42Cl2N2O6P2PdS2+2. The van der Waals surface area contributed by atoms with Gasteiger partial charge in [-0.05, 0) is 84.9 Å². The molecule has 0 aromatic heterocycles. The molecule has 0 fully saturated rings. The van der Waals surface area contributed by atoms with Gasteiger partial charge in [0.05, 0.1) is 42.8 Å². The Bertz CT molecular complexity index is 2610. The van der Waals surface area contributed by atoms with Crippen molar-refractivity contribution in [2.75, 3.05) is 5.34 Å². The zero-order chi connectivity index (χ0) is 46.1. The summed E-state index contributed by atoms with van der Waals surface area (Å²) in [6, 6.07) is 77.0. The van der Waals surface area contributed by atoms with Crippen LogP contribution in [0.3, 0.4) is 0 Å². The van der Waals surface area contributed by atoms with E-state index in [9.17, 15) is 26.4 Å². The topological polar surface area (TPSA) is 131 Å². The van der Waals surface area contributed by atoms with E-state index in [1.807, 2.05) is 0 Å². The molecular weight excluding hydrogens is 1040 g/mol. The molecule has 0 atom stereocenters. The second kappa shape index (κ2) is 25.6. The Hall–Kier alpha value is -5.30. The summed E-state index contributed by atoms with van der Waals surface area (Å²) in [5.74, 6) is -1.35. The van der Waals surface area contributed by atoms with Crippen LogP contribution in [-0.2, 0) is 40.5 Å². The van der Waals surface area contributed by atoms with Crippen LogP contribution in [0.15, 0.2) is 240 Å². The van der Waals surface area contributed by atoms with Gasteiger partial charge in [-0.1, -0.05) is 146 Å². The first-order valence-electron chi connectivity index (χ1n) is 19.9. The molecule has 8 aromatic carbocycles. The summed E-state index contributed by atoms with van der Waals surface area (Å²) >= 11 is 9.53. The molecule has 2 heterocycles. The van der Waals surface area contributed by atoms with Crippen LogP contribution in [0.5, 0.6) is 0 Å². The maximum atomic E-state index is 11.1. The molecule has 0 unspecified atom stereocenters. The van der Waals surface area contributed by atoms with E-state index in [4.69, 9.17) is 23.2 Å². The van der Waals surface area contributed by atoms with Crippen molar-refractivity contribution in [3.63, 3.8) is 0 Å². The fourth-order valence-electron chi connectivity index (χ4n) is 6.78. The van der Waals surface area contributed by atoms with E-state index in [0.29, 0.717) is 0 Å². The third-order valence-electron chi connectivity index (χ3n) is 9.57. The summed E-state index contributed by atoms with van der Waals surface area (Å²) in [6.07, 6.45) is 0. The van der Waals surface area contributed by atoms with Gasteiger partial charge in [0.2, 0.25) is 0 Å². The van der Waals surface area contributed by atoms with Gasteiger partial charge >= 0.3 is 20.4 Å². The molecule has 15 heteroatoms. The fourth-order valence-corrected chi connectivity index (χ4v) is 14.1. The van der Waals surface area contributed by atoms with Crippen molar-refractivity contribution in [2.45, 2.75) is 9.79 Å². The van der Waals surface area contributed by atoms with Gasteiger partial charge in [-0.25, -0.2) is 16.8 Å². The van der Waals surface area contributed by atoms with Crippen LogP contribution in [0, 0.1) is 0 Å². The van der Waals surface area contributed by atoms with E-state index in [2.05, 4.69) is 191 Å². The Morgan fingerprint density at radius 2 is 0.515 bits per heavy atom. The minimum atomic E-state index is -3.68. The Labute approximate surface area is 412 Å². The van der Waals surface area contributed by atoms with Crippen LogP contribution in [0.4, 0.5) is 0 Å². The van der Waals surface area contributed by atoms with Crippen molar-refractivity contribution >= 4 is 103 Å². The number of rotatable bonds is 6. The van der Waals surface area contributed by atoms with Crippen molar-refractivity contribution in [2.24, 2.45) is 0 Å². The van der Waals surface area contributed by atoms with Gasteiger partial charge in [-0.15, -0.1) is 23.2 Å². The van der Waals surface area contributed by atoms with Crippen molar-refractivity contribution < 1.29 is 46.8 Å². The summed E-state index contributed by atoms with van der Waals surface area (Å²) in [5, 5.41) is 8.81. The average Bonchev–Trinajstić information content (AvgIpc) is 3.73. The Kier molecular flexibility index (Phi) is 20.0. The van der Waals surface area contributed by atoms with Crippen LogP contribution in [-0.4, -0.2) is 34.0 Å². The molecule has 0 bridgehead atoms. The van der Waals surface area contributed by atoms with Crippen molar-refractivity contribution in [3.05, 3.63) is 251 Å². The molecule has 8 aromatic rings. The summed E-state index contributed by atoms with van der Waals surface area (Å²) in [7, 11) is -9.11. The Morgan fingerprint density at radius 3 is 0.712 bits per heavy atom. The standard InChI is InChI=1S/2C18H15P.2C7H5NO3S.CH2Cl2.Pd/c2*1-4-10-16(11-5-1)19(17-12-6-2-7-13-17)18-14-8-3-9-15-18;2*9-7-5-3-1-2-4-6(5)12(10,11)8-7;2-1-3;/h2*1-15H;2*1-4H,(H,8,9);1H2;/q;;;;;+2. The molecule has 10 rings (SSSR count). The number of halogens is 2. The first-order valence-corrected chi connectivity index (χ1v) is 26.9. The van der Waals surface area contributed by atoms with Crippen LogP contribution in [0.2, 0.25) is 0 Å². The molecule has 66 heavy (non-hydrogen) atoms. The maximum absolute atomic E-state index is 11.1. The Morgan fingerprint density at radius 1 is 0.333 bits per heavy atom. The quantitative estimate of drug-likeness (QED) is 0.0927. The predicted molar refractivity (Wildman–Crippen MR) is 272 cm³/mol. The molecule has 2 aliphatic rings. The zero-order valence-electron chi connectivity index (χ0n) is 34.9. The van der Waals surface area contributed by atoms with Crippen molar-refractivity contribution in [1.29, 1.82) is 0 Å². The van der Waals surface area contributed by atoms with E-state index in [1.165, 1.54) is 56.1 Å². The number of alkyl halides is 2. The van der Waals surface area contributed by atoms with E-state index in [1.54, 1.807) is 24.3 Å². The summed E-state index contributed by atoms with van der Waals surface area (Å²) in [6.45, 7) is 0. The van der Waals surface area contributed by atoms with Gasteiger partial charge < -0.3 is 19.0 Å².